The zero-order valence-electron chi connectivity index (χ0n) is 13.1. The Hall–Kier alpha value is -1.16. The molecule has 112 valence electrons. The molecule has 1 saturated heterocycles. The van der Waals surface area contributed by atoms with Crippen LogP contribution in [0.4, 0.5) is 5.82 Å². The molecule has 2 heterocycles. The van der Waals surface area contributed by atoms with E-state index in [0.717, 1.165) is 24.6 Å². The molecule has 1 N–H and O–H groups in total. The number of nitrogens with one attached hydrogen (secondary N) is 1. The van der Waals surface area contributed by atoms with Crippen molar-refractivity contribution in [1.29, 1.82) is 0 Å². The minimum Gasteiger partial charge on any atom is -0.352 e. The van der Waals surface area contributed by atoms with E-state index < -0.39 is 0 Å². The van der Waals surface area contributed by atoms with Gasteiger partial charge in [0.25, 0.3) is 0 Å². The molecule has 0 aromatic carbocycles. The van der Waals surface area contributed by atoms with Crippen LogP contribution in [0.5, 0.6) is 0 Å². The standard InChI is InChI=1S/C16H28N4/c1-4-7-15-8-5-6-11-20(15)16-10-9-14(18-19-16)12-17-13(2)3/h9-10,13,15,17H,4-8,11-12H2,1-3H3. The average molecular weight is 276 g/mol. The summed E-state index contributed by atoms with van der Waals surface area (Å²) in [5, 5.41) is 12.2. The molecular formula is C16H28N4. The van der Waals surface area contributed by atoms with Gasteiger partial charge in [-0.1, -0.05) is 27.2 Å². The second kappa shape index (κ2) is 7.58. The molecule has 0 spiro atoms. The van der Waals surface area contributed by atoms with Gasteiger partial charge in [0, 0.05) is 25.2 Å². The number of nitrogens with zero attached hydrogens (tertiary/aromatic N) is 3. The molecule has 0 aliphatic carbocycles. The zero-order valence-corrected chi connectivity index (χ0v) is 13.1. The van der Waals surface area contributed by atoms with E-state index in [1.165, 1.54) is 32.1 Å². The average Bonchev–Trinajstić information content (AvgIpc) is 2.47. The van der Waals surface area contributed by atoms with Crippen molar-refractivity contribution in [1.82, 2.24) is 15.5 Å². The molecule has 1 fully saturated rings. The third-order valence-corrected chi connectivity index (χ3v) is 3.94. The molecule has 1 aromatic rings. The maximum Gasteiger partial charge on any atom is 0.151 e. The Morgan fingerprint density at radius 1 is 1.30 bits per heavy atom. The summed E-state index contributed by atoms with van der Waals surface area (Å²) in [5.74, 6) is 1.05. The molecular weight excluding hydrogens is 248 g/mol. The summed E-state index contributed by atoms with van der Waals surface area (Å²) in [7, 11) is 0. The highest BCUT2D eigenvalue weighted by Gasteiger charge is 2.22. The second-order valence-electron chi connectivity index (χ2n) is 6.05. The van der Waals surface area contributed by atoms with Gasteiger partial charge in [-0.05, 0) is 37.8 Å². The van der Waals surface area contributed by atoms with E-state index in [2.05, 4.69) is 53.3 Å². The summed E-state index contributed by atoms with van der Waals surface area (Å²) in [6.07, 6.45) is 6.43. The lowest BCUT2D eigenvalue weighted by molar-refractivity contribution is 0.430. The van der Waals surface area contributed by atoms with Crippen LogP contribution >= 0.6 is 0 Å². The van der Waals surface area contributed by atoms with Crippen LogP contribution in [-0.4, -0.2) is 28.8 Å². The van der Waals surface area contributed by atoms with Crippen molar-refractivity contribution in [3.8, 4) is 0 Å². The predicted molar refractivity (Wildman–Crippen MR) is 83.9 cm³/mol. The summed E-state index contributed by atoms with van der Waals surface area (Å²) in [5.41, 5.74) is 1.02. The molecule has 1 aliphatic rings. The van der Waals surface area contributed by atoms with Crippen LogP contribution in [-0.2, 0) is 6.54 Å². The van der Waals surface area contributed by atoms with Gasteiger partial charge in [-0.3, -0.25) is 0 Å². The van der Waals surface area contributed by atoms with Crippen LogP contribution in [0.2, 0.25) is 0 Å². The van der Waals surface area contributed by atoms with Gasteiger partial charge in [0.1, 0.15) is 0 Å². The second-order valence-corrected chi connectivity index (χ2v) is 6.05. The van der Waals surface area contributed by atoms with Gasteiger partial charge in [0.2, 0.25) is 0 Å². The topological polar surface area (TPSA) is 41.0 Å². The van der Waals surface area contributed by atoms with Gasteiger partial charge in [-0.25, -0.2) is 0 Å². The van der Waals surface area contributed by atoms with Crippen molar-refractivity contribution in [3.05, 3.63) is 17.8 Å². The Balaban J connectivity index is 2.00. The SMILES string of the molecule is CCCC1CCCCN1c1ccc(CNC(C)C)nn1. The largest absolute Gasteiger partial charge is 0.352 e. The fourth-order valence-corrected chi connectivity index (χ4v) is 2.84. The summed E-state index contributed by atoms with van der Waals surface area (Å²) < 4.78 is 0. The Morgan fingerprint density at radius 3 is 2.80 bits per heavy atom. The number of anilines is 1. The first-order valence-corrected chi connectivity index (χ1v) is 8.03. The molecule has 0 bridgehead atoms. The Kier molecular flexibility index (Phi) is 5.77. The van der Waals surface area contributed by atoms with Crippen molar-refractivity contribution in [3.63, 3.8) is 0 Å². The van der Waals surface area contributed by atoms with Gasteiger partial charge in [-0.15, -0.1) is 5.10 Å². The molecule has 4 nitrogen and oxygen atoms in total. The van der Waals surface area contributed by atoms with E-state index in [4.69, 9.17) is 0 Å². The van der Waals surface area contributed by atoms with E-state index in [1.807, 2.05) is 0 Å². The molecule has 0 amide bonds. The minimum atomic E-state index is 0.479. The number of hydrogen-bond acceptors (Lipinski definition) is 4. The number of aromatic nitrogens is 2. The lowest BCUT2D eigenvalue weighted by Gasteiger charge is -2.36. The van der Waals surface area contributed by atoms with Crippen LogP contribution < -0.4 is 10.2 Å². The molecule has 1 atom stereocenters. The molecule has 20 heavy (non-hydrogen) atoms. The molecule has 2 rings (SSSR count). The smallest absolute Gasteiger partial charge is 0.151 e. The Morgan fingerprint density at radius 2 is 2.15 bits per heavy atom. The molecule has 1 aromatic heterocycles. The van der Waals surface area contributed by atoms with Gasteiger partial charge >= 0.3 is 0 Å². The highest BCUT2D eigenvalue weighted by molar-refractivity contribution is 5.39. The van der Waals surface area contributed by atoms with Crippen LogP contribution in [0.1, 0.15) is 58.6 Å². The van der Waals surface area contributed by atoms with Crippen molar-refractivity contribution < 1.29 is 0 Å². The van der Waals surface area contributed by atoms with E-state index in [0.29, 0.717) is 12.1 Å². The first kappa shape index (κ1) is 15.2. The van der Waals surface area contributed by atoms with Crippen molar-refractivity contribution in [2.24, 2.45) is 0 Å². The van der Waals surface area contributed by atoms with Crippen molar-refractivity contribution >= 4 is 5.82 Å². The quantitative estimate of drug-likeness (QED) is 0.866. The maximum atomic E-state index is 4.45. The fourth-order valence-electron chi connectivity index (χ4n) is 2.84. The van der Waals surface area contributed by atoms with Crippen molar-refractivity contribution in [2.45, 2.75) is 71.5 Å². The van der Waals surface area contributed by atoms with Crippen LogP contribution in [0, 0.1) is 0 Å². The first-order chi connectivity index (χ1) is 9.70. The molecule has 0 radical (unpaired) electrons. The van der Waals surface area contributed by atoms with Crippen LogP contribution in [0.15, 0.2) is 12.1 Å². The molecule has 4 heteroatoms. The van der Waals surface area contributed by atoms with Crippen LogP contribution in [0.25, 0.3) is 0 Å². The highest BCUT2D eigenvalue weighted by Crippen LogP contribution is 2.25. The molecule has 0 saturated carbocycles. The lowest BCUT2D eigenvalue weighted by Crippen LogP contribution is -2.40. The Bertz CT molecular complexity index is 386. The summed E-state index contributed by atoms with van der Waals surface area (Å²) in [4.78, 5) is 2.46. The third kappa shape index (κ3) is 4.17. The minimum absolute atomic E-state index is 0.479. The lowest BCUT2D eigenvalue weighted by atomic mass is 9.98. The highest BCUT2D eigenvalue weighted by atomic mass is 15.3. The number of hydrogen-bond donors (Lipinski definition) is 1. The monoisotopic (exact) mass is 276 g/mol. The van der Waals surface area contributed by atoms with Gasteiger partial charge in [0.05, 0.1) is 5.69 Å². The van der Waals surface area contributed by atoms with E-state index in [1.54, 1.807) is 0 Å². The first-order valence-electron chi connectivity index (χ1n) is 8.03. The van der Waals surface area contributed by atoms with Crippen LogP contribution in [0.3, 0.4) is 0 Å². The summed E-state index contributed by atoms with van der Waals surface area (Å²) >= 11 is 0. The normalized spacial score (nSPS) is 19.6. The third-order valence-electron chi connectivity index (χ3n) is 3.94. The molecule has 1 unspecified atom stereocenters. The van der Waals surface area contributed by atoms with Gasteiger partial charge in [-0.2, -0.15) is 5.10 Å². The Labute approximate surface area is 123 Å². The number of piperidine rings is 1. The summed E-state index contributed by atoms with van der Waals surface area (Å²) in [6, 6.07) is 5.38. The van der Waals surface area contributed by atoms with E-state index in [9.17, 15) is 0 Å². The predicted octanol–water partition coefficient (Wildman–Crippen LogP) is 3.13. The van der Waals surface area contributed by atoms with Crippen molar-refractivity contribution in [2.75, 3.05) is 11.4 Å². The van der Waals surface area contributed by atoms with Gasteiger partial charge < -0.3 is 10.2 Å². The van der Waals surface area contributed by atoms with Gasteiger partial charge in [0.15, 0.2) is 5.82 Å². The van der Waals surface area contributed by atoms with E-state index in [-0.39, 0.29) is 0 Å². The number of rotatable bonds is 6. The maximum absolute atomic E-state index is 4.45. The van der Waals surface area contributed by atoms with E-state index >= 15 is 0 Å². The fraction of sp³-hybridized carbons (Fsp3) is 0.750. The zero-order chi connectivity index (χ0) is 14.4. The summed E-state index contributed by atoms with van der Waals surface area (Å²) in [6.45, 7) is 8.47. The molecule has 1 aliphatic heterocycles.